The molecule has 2 atom stereocenters. The molecule has 1 saturated carbocycles. The van der Waals surface area contributed by atoms with E-state index in [1.54, 1.807) is 17.0 Å². The maximum absolute atomic E-state index is 12.4. The number of aromatic nitrogens is 1. The van der Waals surface area contributed by atoms with E-state index in [0.29, 0.717) is 23.7 Å². The van der Waals surface area contributed by atoms with Crippen molar-refractivity contribution in [3.63, 3.8) is 0 Å². The molecule has 5 heteroatoms. The third-order valence-electron chi connectivity index (χ3n) is 4.10. The summed E-state index contributed by atoms with van der Waals surface area (Å²) in [6.45, 7) is 0.614. The molecule has 1 fully saturated rings. The van der Waals surface area contributed by atoms with Crippen LogP contribution in [-0.4, -0.2) is 35.4 Å². The van der Waals surface area contributed by atoms with Gasteiger partial charge in [0.25, 0.3) is 5.91 Å². The first kappa shape index (κ1) is 14.5. The van der Waals surface area contributed by atoms with Crippen molar-refractivity contribution in [2.24, 2.45) is 11.7 Å². The van der Waals surface area contributed by atoms with Crippen LogP contribution in [0.15, 0.2) is 18.3 Å². The summed E-state index contributed by atoms with van der Waals surface area (Å²) in [5.41, 5.74) is 6.66. The van der Waals surface area contributed by atoms with Crippen molar-refractivity contribution in [1.29, 1.82) is 5.26 Å². The van der Waals surface area contributed by atoms with Crippen molar-refractivity contribution in [1.82, 2.24) is 9.88 Å². The molecule has 2 unspecified atom stereocenters. The lowest BCUT2D eigenvalue weighted by atomic mass is 9.83. The highest BCUT2D eigenvalue weighted by Gasteiger charge is 2.30. The highest BCUT2D eigenvalue weighted by Crippen LogP contribution is 2.27. The number of hydrogen-bond acceptors (Lipinski definition) is 4. The van der Waals surface area contributed by atoms with Gasteiger partial charge in [0.1, 0.15) is 11.8 Å². The molecule has 2 rings (SSSR count). The van der Waals surface area contributed by atoms with E-state index in [9.17, 15) is 4.79 Å². The van der Waals surface area contributed by atoms with Crippen LogP contribution in [0.25, 0.3) is 0 Å². The SMILES string of the molecule is CN(C(=O)c1ccc(C#N)cn1)C1CCCCC1CN. The van der Waals surface area contributed by atoms with Gasteiger partial charge in [0, 0.05) is 19.3 Å². The summed E-state index contributed by atoms with van der Waals surface area (Å²) < 4.78 is 0. The Morgan fingerprint density at radius 2 is 2.25 bits per heavy atom. The topological polar surface area (TPSA) is 83.0 Å². The predicted octanol–water partition coefficient (Wildman–Crippen LogP) is 1.54. The van der Waals surface area contributed by atoms with Gasteiger partial charge in [-0.05, 0) is 37.4 Å². The lowest BCUT2D eigenvalue weighted by molar-refractivity contribution is 0.0614. The first-order valence-corrected chi connectivity index (χ1v) is 7.00. The molecule has 5 nitrogen and oxygen atoms in total. The Kier molecular flexibility index (Phi) is 4.70. The quantitative estimate of drug-likeness (QED) is 0.904. The fourth-order valence-electron chi connectivity index (χ4n) is 2.89. The number of rotatable bonds is 3. The molecule has 0 radical (unpaired) electrons. The highest BCUT2D eigenvalue weighted by molar-refractivity contribution is 5.92. The van der Waals surface area contributed by atoms with Gasteiger partial charge in [0.2, 0.25) is 0 Å². The Morgan fingerprint density at radius 3 is 2.85 bits per heavy atom. The molecule has 1 amide bonds. The van der Waals surface area contributed by atoms with Crippen LogP contribution in [0.3, 0.4) is 0 Å². The number of nitrogens with two attached hydrogens (primary N) is 1. The molecule has 1 aromatic heterocycles. The normalized spacial score (nSPS) is 22.1. The lowest BCUT2D eigenvalue weighted by Gasteiger charge is -2.37. The fourth-order valence-corrected chi connectivity index (χ4v) is 2.89. The van der Waals surface area contributed by atoms with Gasteiger partial charge in [-0.25, -0.2) is 4.98 Å². The van der Waals surface area contributed by atoms with E-state index in [0.717, 1.165) is 19.3 Å². The fraction of sp³-hybridized carbons (Fsp3) is 0.533. The average molecular weight is 272 g/mol. The van der Waals surface area contributed by atoms with Crippen molar-refractivity contribution in [3.8, 4) is 6.07 Å². The molecule has 1 heterocycles. The molecule has 0 saturated heterocycles. The molecule has 1 aliphatic rings. The Hall–Kier alpha value is -1.93. The van der Waals surface area contributed by atoms with Crippen molar-refractivity contribution in [2.75, 3.05) is 13.6 Å². The third kappa shape index (κ3) is 2.97. The van der Waals surface area contributed by atoms with Crippen molar-refractivity contribution in [3.05, 3.63) is 29.6 Å². The van der Waals surface area contributed by atoms with Crippen LogP contribution in [0.4, 0.5) is 0 Å². The second kappa shape index (κ2) is 6.49. The van der Waals surface area contributed by atoms with Crippen molar-refractivity contribution < 1.29 is 4.79 Å². The number of carbonyl (C=O) groups excluding carboxylic acids is 1. The number of amides is 1. The van der Waals surface area contributed by atoms with Crippen LogP contribution in [0.2, 0.25) is 0 Å². The zero-order valence-electron chi connectivity index (χ0n) is 11.7. The largest absolute Gasteiger partial charge is 0.337 e. The second-order valence-corrected chi connectivity index (χ2v) is 5.31. The molecule has 0 aromatic carbocycles. The molecule has 1 aromatic rings. The maximum atomic E-state index is 12.4. The second-order valence-electron chi connectivity index (χ2n) is 5.31. The Bertz CT molecular complexity index is 506. The van der Waals surface area contributed by atoms with Crippen LogP contribution in [0.5, 0.6) is 0 Å². The lowest BCUT2D eigenvalue weighted by Crippen LogP contribution is -2.46. The number of carbonyl (C=O) groups is 1. The smallest absolute Gasteiger partial charge is 0.272 e. The van der Waals surface area contributed by atoms with E-state index < -0.39 is 0 Å². The minimum Gasteiger partial charge on any atom is -0.337 e. The monoisotopic (exact) mass is 272 g/mol. The van der Waals surface area contributed by atoms with E-state index in [1.165, 1.54) is 12.6 Å². The minimum absolute atomic E-state index is 0.0974. The zero-order valence-corrected chi connectivity index (χ0v) is 11.7. The van der Waals surface area contributed by atoms with E-state index in [1.807, 2.05) is 13.1 Å². The summed E-state index contributed by atoms with van der Waals surface area (Å²) in [6, 6.07) is 5.42. The molecule has 106 valence electrons. The predicted molar refractivity (Wildman–Crippen MR) is 75.8 cm³/mol. The molecule has 1 aliphatic carbocycles. The van der Waals surface area contributed by atoms with Gasteiger partial charge in [0.15, 0.2) is 0 Å². The Balaban J connectivity index is 2.12. The van der Waals surface area contributed by atoms with Gasteiger partial charge in [-0.3, -0.25) is 4.79 Å². The van der Waals surface area contributed by atoms with Gasteiger partial charge in [0.05, 0.1) is 5.56 Å². The summed E-state index contributed by atoms with van der Waals surface area (Å²) in [5, 5.41) is 8.75. The van der Waals surface area contributed by atoms with Crippen LogP contribution in [-0.2, 0) is 0 Å². The van der Waals surface area contributed by atoms with E-state index in [2.05, 4.69) is 4.98 Å². The van der Waals surface area contributed by atoms with Gasteiger partial charge in [-0.2, -0.15) is 5.26 Å². The number of pyridine rings is 1. The van der Waals surface area contributed by atoms with E-state index in [-0.39, 0.29) is 11.9 Å². The molecular weight excluding hydrogens is 252 g/mol. The molecule has 0 bridgehead atoms. The summed E-state index contributed by atoms with van der Waals surface area (Å²) in [5.74, 6) is 0.274. The third-order valence-corrected chi connectivity index (χ3v) is 4.10. The van der Waals surface area contributed by atoms with Crippen molar-refractivity contribution in [2.45, 2.75) is 31.7 Å². The zero-order chi connectivity index (χ0) is 14.5. The maximum Gasteiger partial charge on any atom is 0.272 e. The summed E-state index contributed by atoms with van der Waals surface area (Å²) in [6.07, 6.45) is 5.84. The molecule has 2 N–H and O–H groups in total. The van der Waals surface area contributed by atoms with Crippen LogP contribution < -0.4 is 5.73 Å². The van der Waals surface area contributed by atoms with Crippen LogP contribution in [0, 0.1) is 17.2 Å². The number of nitrogens with zero attached hydrogens (tertiary/aromatic N) is 3. The Labute approximate surface area is 119 Å². The van der Waals surface area contributed by atoms with E-state index in [4.69, 9.17) is 11.0 Å². The molecular formula is C15H20N4O. The summed E-state index contributed by atoms with van der Waals surface area (Å²) in [4.78, 5) is 18.3. The minimum atomic E-state index is -0.0974. The molecule has 0 aliphatic heterocycles. The summed E-state index contributed by atoms with van der Waals surface area (Å²) in [7, 11) is 1.82. The first-order valence-electron chi connectivity index (χ1n) is 7.00. The molecule has 20 heavy (non-hydrogen) atoms. The first-order chi connectivity index (χ1) is 9.67. The highest BCUT2D eigenvalue weighted by atomic mass is 16.2. The van der Waals surface area contributed by atoms with Gasteiger partial charge < -0.3 is 10.6 Å². The van der Waals surface area contributed by atoms with Crippen molar-refractivity contribution >= 4 is 5.91 Å². The average Bonchev–Trinajstić information content (AvgIpc) is 2.53. The molecule has 0 spiro atoms. The van der Waals surface area contributed by atoms with Crippen LogP contribution in [0.1, 0.15) is 41.7 Å². The van der Waals surface area contributed by atoms with Gasteiger partial charge in [-0.1, -0.05) is 12.8 Å². The Morgan fingerprint density at radius 1 is 1.50 bits per heavy atom. The van der Waals surface area contributed by atoms with Gasteiger partial charge in [-0.15, -0.1) is 0 Å². The van der Waals surface area contributed by atoms with Crippen LogP contribution >= 0.6 is 0 Å². The standard InChI is InChI=1S/C15H20N4O/c1-19(14-5-3-2-4-12(14)9-17)15(20)13-7-6-11(8-16)10-18-13/h6-7,10,12,14H,2-5,9,17H2,1H3. The number of hydrogen-bond donors (Lipinski definition) is 1. The number of nitriles is 1. The van der Waals surface area contributed by atoms with Gasteiger partial charge >= 0.3 is 0 Å². The summed E-state index contributed by atoms with van der Waals surface area (Å²) >= 11 is 0. The van der Waals surface area contributed by atoms with E-state index >= 15 is 0 Å².